The Morgan fingerprint density at radius 2 is 2.33 bits per heavy atom. The molecule has 0 saturated carbocycles. The molecule has 0 aromatic carbocycles. The van der Waals surface area contributed by atoms with Crippen molar-refractivity contribution in [2.24, 2.45) is 11.8 Å². The summed E-state index contributed by atoms with van der Waals surface area (Å²) >= 11 is 3.50. The molecule has 1 aliphatic rings. The first-order valence-electron chi connectivity index (χ1n) is 6.59. The Kier molecular flexibility index (Phi) is 4.28. The van der Waals surface area contributed by atoms with Crippen molar-refractivity contribution < 1.29 is 5.11 Å². The van der Waals surface area contributed by atoms with Crippen molar-refractivity contribution in [3.05, 3.63) is 28.0 Å². The molecule has 0 amide bonds. The fraction of sp³-hybridized carbons (Fsp3) is 0.643. The number of allylic oxidation sites excluding steroid dienone is 2. The van der Waals surface area contributed by atoms with Gasteiger partial charge in [-0.2, -0.15) is 5.10 Å². The molecule has 3 atom stereocenters. The van der Waals surface area contributed by atoms with Crippen LogP contribution in [0.15, 0.2) is 22.3 Å². The van der Waals surface area contributed by atoms with Crippen molar-refractivity contribution in [2.45, 2.75) is 46.3 Å². The van der Waals surface area contributed by atoms with E-state index in [4.69, 9.17) is 0 Å². The standard InChI is InChI=1S/C14H21BrN2O/c1-4-17-13(12(15)8-16-17)14(18)11-6-9(2)5-10(3)7-11/h5,8-9,11,14,18H,4,6-7H2,1-3H3. The van der Waals surface area contributed by atoms with Gasteiger partial charge in [-0.25, -0.2) is 0 Å². The molecule has 1 heterocycles. The number of aliphatic hydroxyl groups is 1. The van der Waals surface area contributed by atoms with Crippen LogP contribution in [-0.2, 0) is 6.54 Å². The van der Waals surface area contributed by atoms with Crippen LogP contribution in [0.2, 0.25) is 0 Å². The van der Waals surface area contributed by atoms with Gasteiger partial charge in [-0.3, -0.25) is 4.68 Å². The SMILES string of the molecule is CCn1ncc(Br)c1C(O)C1CC(C)=CC(C)C1. The highest BCUT2D eigenvalue weighted by atomic mass is 79.9. The van der Waals surface area contributed by atoms with E-state index in [9.17, 15) is 5.11 Å². The van der Waals surface area contributed by atoms with Crippen LogP contribution in [0.3, 0.4) is 0 Å². The lowest BCUT2D eigenvalue weighted by molar-refractivity contribution is 0.0842. The zero-order chi connectivity index (χ0) is 13.3. The maximum Gasteiger partial charge on any atom is 0.0999 e. The van der Waals surface area contributed by atoms with E-state index >= 15 is 0 Å². The van der Waals surface area contributed by atoms with Crippen molar-refractivity contribution in [3.63, 3.8) is 0 Å². The molecule has 4 heteroatoms. The first-order valence-corrected chi connectivity index (χ1v) is 7.38. The van der Waals surface area contributed by atoms with Gasteiger partial charge in [0, 0.05) is 6.54 Å². The zero-order valence-corrected chi connectivity index (χ0v) is 12.8. The summed E-state index contributed by atoms with van der Waals surface area (Å²) in [7, 11) is 0. The fourth-order valence-corrected chi connectivity index (χ4v) is 3.51. The minimum Gasteiger partial charge on any atom is -0.386 e. The predicted molar refractivity (Wildman–Crippen MR) is 76.2 cm³/mol. The maximum absolute atomic E-state index is 10.6. The van der Waals surface area contributed by atoms with E-state index in [-0.39, 0.29) is 0 Å². The molecule has 100 valence electrons. The van der Waals surface area contributed by atoms with Gasteiger partial charge in [-0.1, -0.05) is 18.6 Å². The second-order valence-electron chi connectivity index (χ2n) is 5.33. The summed E-state index contributed by atoms with van der Waals surface area (Å²) in [6.07, 6.45) is 5.67. The van der Waals surface area contributed by atoms with Crippen molar-refractivity contribution >= 4 is 15.9 Å². The van der Waals surface area contributed by atoms with Gasteiger partial charge in [-0.05, 0) is 54.5 Å². The van der Waals surface area contributed by atoms with E-state index in [0.717, 1.165) is 29.6 Å². The van der Waals surface area contributed by atoms with Crippen molar-refractivity contribution in [1.29, 1.82) is 0 Å². The summed E-state index contributed by atoms with van der Waals surface area (Å²) in [6, 6.07) is 0. The third kappa shape index (κ3) is 2.69. The van der Waals surface area contributed by atoms with Gasteiger partial charge in [0.25, 0.3) is 0 Å². The number of halogens is 1. The largest absolute Gasteiger partial charge is 0.386 e. The van der Waals surface area contributed by atoms with E-state index in [1.165, 1.54) is 5.57 Å². The van der Waals surface area contributed by atoms with Gasteiger partial charge in [0.05, 0.1) is 22.5 Å². The molecule has 0 aliphatic heterocycles. The molecule has 0 bridgehead atoms. The fourth-order valence-electron chi connectivity index (χ4n) is 2.98. The number of aromatic nitrogens is 2. The summed E-state index contributed by atoms with van der Waals surface area (Å²) < 4.78 is 2.80. The van der Waals surface area contributed by atoms with Crippen molar-refractivity contribution in [3.8, 4) is 0 Å². The number of aliphatic hydroxyl groups excluding tert-OH is 1. The Bertz CT molecular complexity index is 453. The lowest BCUT2D eigenvalue weighted by atomic mass is 9.80. The number of hydrogen-bond acceptors (Lipinski definition) is 2. The molecule has 0 radical (unpaired) electrons. The third-order valence-electron chi connectivity index (χ3n) is 3.69. The van der Waals surface area contributed by atoms with Gasteiger partial charge in [-0.15, -0.1) is 0 Å². The van der Waals surface area contributed by atoms with E-state index in [2.05, 4.69) is 41.0 Å². The topological polar surface area (TPSA) is 38.0 Å². The van der Waals surface area contributed by atoms with Gasteiger partial charge in [0.2, 0.25) is 0 Å². The van der Waals surface area contributed by atoms with Crippen molar-refractivity contribution in [2.75, 3.05) is 0 Å². The van der Waals surface area contributed by atoms with Gasteiger partial charge >= 0.3 is 0 Å². The minimum absolute atomic E-state index is 0.295. The molecule has 3 unspecified atom stereocenters. The summed E-state index contributed by atoms with van der Waals surface area (Å²) in [5, 5.41) is 14.9. The summed E-state index contributed by atoms with van der Waals surface area (Å²) in [4.78, 5) is 0. The second kappa shape index (κ2) is 5.57. The Balaban J connectivity index is 2.23. The highest BCUT2D eigenvalue weighted by molar-refractivity contribution is 9.10. The molecule has 0 spiro atoms. The molecular formula is C14H21BrN2O. The van der Waals surface area contributed by atoms with E-state index in [1.54, 1.807) is 6.20 Å². The van der Waals surface area contributed by atoms with E-state index in [0.29, 0.717) is 11.8 Å². The van der Waals surface area contributed by atoms with Crippen LogP contribution < -0.4 is 0 Å². The third-order valence-corrected chi connectivity index (χ3v) is 4.30. The van der Waals surface area contributed by atoms with Crippen LogP contribution in [0, 0.1) is 11.8 Å². The Morgan fingerprint density at radius 3 is 2.94 bits per heavy atom. The van der Waals surface area contributed by atoms with Crippen LogP contribution in [0.25, 0.3) is 0 Å². The van der Waals surface area contributed by atoms with Gasteiger partial charge in [0.1, 0.15) is 0 Å². The normalized spacial score (nSPS) is 25.9. The Labute approximate surface area is 117 Å². The van der Waals surface area contributed by atoms with Gasteiger partial charge in [0.15, 0.2) is 0 Å². The number of nitrogens with zero attached hydrogens (tertiary/aromatic N) is 2. The lowest BCUT2D eigenvalue weighted by Gasteiger charge is -2.29. The number of aryl methyl sites for hydroxylation is 1. The first-order chi connectivity index (χ1) is 8.52. The van der Waals surface area contributed by atoms with Crippen LogP contribution in [0.4, 0.5) is 0 Å². The molecule has 1 aromatic rings. The Hall–Kier alpha value is -0.610. The van der Waals surface area contributed by atoms with E-state index < -0.39 is 6.10 Å². The highest BCUT2D eigenvalue weighted by Crippen LogP contribution is 2.38. The molecule has 1 N–H and O–H groups in total. The van der Waals surface area contributed by atoms with Crippen LogP contribution >= 0.6 is 15.9 Å². The molecule has 1 aliphatic carbocycles. The average molecular weight is 313 g/mol. The van der Waals surface area contributed by atoms with Crippen LogP contribution in [0.1, 0.15) is 45.4 Å². The second-order valence-corrected chi connectivity index (χ2v) is 6.18. The van der Waals surface area contributed by atoms with E-state index in [1.807, 2.05) is 11.6 Å². The minimum atomic E-state index is -0.437. The maximum atomic E-state index is 10.6. The van der Waals surface area contributed by atoms with Crippen molar-refractivity contribution in [1.82, 2.24) is 9.78 Å². The molecule has 18 heavy (non-hydrogen) atoms. The summed E-state index contributed by atoms with van der Waals surface area (Å²) in [6.45, 7) is 7.20. The number of rotatable bonds is 3. The molecule has 1 aromatic heterocycles. The molecule has 3 nitrogen and oxygen atoms in total. The quantitative estimate of drug-likeness (QED) is 0.864. The molecule has 2 rings (SSSR count). The first kappa shape index (κ1) is 13.8. The Morgan fingerprint density at radius 1 is 1.61 bits per heavy atom. The monoisotopic (exact) mass is 312 g/mol. The zero-order valence-electron chi connectivity index (χ0n) is 11.2. The number of hydrogen-bond donors (Lipinski definition) is 1. The average Bonchev–Trinajstić information content (AvgIpc) is 2.68. The lowest BCUT2D eigenvalue weighted by Crippen LogP contribution is -2.22. The summed E-state index contributed by atoms with van der Waals surface area (Å²) in [5.74, 6) is 0.846. The smallest absolute Gasteiger partial charge is 0.0999 e. The van der Waals surface area contributed by atoms with Crippen LogP contribution in [0.5, 0.6) is 0 Å². The highest BCUT2D eigenvalue weighted by Gasteiger charge is 2.29. The molecule has 0 fully saturated rings. The van der Waals surface area contributed by atoms with Crippen LogP contribution in [-0.4, -0.2) is 14.9 Å². The predicted octanol–water partition coefficient (Wildman–Crippen LogP) is 3.69. The molecule has 0 saturated heterocycles. The molecular weight excluding hydrogens is 292 g/mol. The summed E-state index contributed by atoms with van der Waals surface area (Å²) in [5.41, 5.74) is 2.31. The van der Waals surface area contributed by atoms with Gasteiger partial charge < -0.3 is 5.11 Å².